The fraction of sp³-hybridized carbons (Fsp3) is 0.444. The number of hydrogen-bond donors (Lipinski definition) is 2. The van der Waals surface area contributed by atoms with E-state index in [1.807, 2.05) is 0 Å². The number of thiazole rings is 1. The van der Waals surface area contributed by atoms with E-state index in [2.05, 4.69) is 10.4 Å². The molecule has 1 saturated heterocycles. The van der Waals surface area contributed by atoms with Gasteiger partial charge in [0.1, 0.15) is 0 Å². The second-order valence-corrected chi connectivity index (χ2v) is 6.71. The molecule has 0 aliphatic carbocycles. The van der Waals surface area contributed by atoms with Gasteiger partial charge in [-0.05, 0) is 0 Å². The Kier molecular flexibility index (Phi) is 3.19. The van der Waals surface area contributed by atoms with E-state index in [1.54, 1.807) is 11.6 Å². The lowest BCUT2D eigenvalue weighted by molar-refractivity contribution is 0.0729. The van der Waals surface area contributed by atoms with Gasteiger partial charge in [-0.2, -0.15) is 9.29 Å². The Morgan fingerprint density at radius 2 is 2.16 bits per heavy atom. The van der Waals surface area contributed by atoms with Crippen LogP contribution in [0.5, 0.6) is 0 Å². The van der Waals surface area contributed by atoms with Gasteiger partial charge in [-0.25, -0.2) is 14.3 Å². The molecule has 10 heteroatoms. The Labute approximate surface area is 113 Å². The van der Waals surface area contributed by atoms with Crippen molar-refractivity contribution in [2.45, 2.75) is 5.03 Å². The van der Waals surface area contributed by atoms with Crippen LogP contribution in [0.2, 0.25) is 0 Å². The predicted molar refractivity (Wildman–Crippen MR) is 70.5 cm³/mol. The number of nitrogen functional groups attached to an aromatic ring is 1. The van der Waals surface area contributed by atoms with Crippen LogP contribution >= 0.6 is 11.3 Å². The molecule has 2 aromatic rings. The number of imidazole rings is 1. The minimum atomic E-state index is -3.64. The number of aromatic nitrogens is 2. The van der Waals surface area contributed by atoms with Crippen molar-refractivity contribution in [1.29, 1.82) is 0 Å². The minimum Gasteiger partial charge on any atom is -0.379 e. The molecule has 0 atom stereocenters. The summed E-state index contributed by atoms with van der Waals surface area (Å²) in [6.45, 7) is 1.47. The highest BCUT2D eigenvalue weighted by Gasteiger charge is 2.32. The van der Waals surface area contributed by atoms with E-state index in [9.17, 15) is 8.42 Å². The molecule has 19 heavy (non-hydrogen) atoms. The third-order valence-corrected chi connectivity index (χ3v) is 5.59. The monoisotopic (exact) mass is 303 g/mol. The van der Waals surface area contributed by atoms with E-state index in [-0.39, 0.29) is 10.8 Å². The molecule has 2 aromatic heterocycles. The van der Waals surface area contributed by atoms with Gasteiger partial charge in [0.25, 0.3) is 10.0 Å². The maximum Gasteiger partial charge on any atom is 0.263 e. The maximum atomic E-state index is 12.7. The summed E-state index contributed by atoms with van der Waals surface area (Å²) in [6.07, 6.45) is 1.67. The highest BCUT2D eigenvalue weighted by Crippen LogP contribution is 2.27. The average Bonchev–Trinajstić information content (AvgIpc) is 2.98. The van der Waals surface area contributed by atoms with E-state index < -0.39 is 10.0 Å². The number of hydrogen-bond acceptors (Lipinski definition) is 7. The van der Waals surface area contributed by atoms with Gasteiger partial charge in [-0.1, -0.05) is 0 Å². The SMILES string of the molecule is NNc1nc2sccn2c1S(=O)(=O)N1CCOCC1. The van der Waals surface area contributed by atoms with Gasteiger partial charge in [-0.3, -0.25) is 4.40 Å². The molecular formula is C9H13N5O3S2. The number of hydrazine groups is 1. The van der Waals surface area contributed by atoms with Crippen molar-refractivity contribution in [3.05, 3.63) is 11.6 Å². The molecule has 0 amide bonds. The third kappa shape index (κ3) is 2.01. The first-order valence-electron chi connectivity index (χ1n) is 5.64. The first kappa shape index (κ1) is 12.8. The molecule has 3 rings (SSSR count). The Hall–Kier alpha value is -1.20. The predicted octanol–water partition coefficient (Wildman–Crippen LogP) is -0.298. The quantitative estimate of drug-likeness (QED) is 0.596. The lowest BCUT2D eigenvalue weighted by atomic mass is 10.5. The molecule has 0 aromatic carbocycles. The van der Waals surface area contributed by atoms with Crippen LogP contribution in [-0.4, -0.2) is 48.4 Å². The van der Waals surface area contributed by atoms with Crippen molar-refractivity contribution in [3.63, 3.8) is 0 Å². The largest absolute Gasteiger partial charge is 0.379 e. The van der Waals surface area contributed by atoms with Crippen molar-refractivity contribution >= 4 is 32.1 Å². The zero-order valence-corrected chi connectivity index (χ0v) is 11.6. The molecule has 0 spiro atoms. The van der Waals surface area contributed by atoms with Gasteiger partial charge in [0.05, 0.1) is 13.2 Å². The normalized spacial score (nSPS) is 17.9. The van der Waals surface area contributed by atoms with Crippen molar-refractivity contribution in [3.8, 4) is 0 Å². The lowest BCUT2D eigenvalue weighted by Gasteiger charge is -2.25. The molecule has 104 valence electrons. The number of fused-ring (bicyclic) bond motifs is 1. The van der Waals surface area contributed by atoms with Crippen LogP contribution in [-0.2, 0) is 14.8 Å². The van der Waals surface area contributed by atoms with Crippen LogP contribution in [0.15, 0.2) is 16.6 Å². The molecule has 0 unspecified atom stereocenters. The maximum absolute atomic E-state index is 12.7. The summed E-state index contributed by atoms with van der Waals surface area (Å²) >= 11 is 1.35. The zero-order valence-electron chi connectivity index (χ0n) is 9.94. The molecule has 0 bridgehead atoms. The smallest absolute Gasteiger partial charge is 0.263 e. The third-order valence-electron chi connectivity index (χ3n) is 2.91. The lowest BCUT2D eigenvalue weighted by Crippen LogP contribution is -2.41. The summed E-state index contributed by atoms with van der Waals surface area (Å²) < 4.78 is 33.4. The van der Waals surface area contributed by atoms with Crippen LogP contribution in [0.3, 0.4) is 0 Å². The van der Waals surface area contributed by atoms with Crippen LogP contribution in [0.1, 0.15) is 0 Å². The molecule has 0 saturated carbocycles. The molecule has 1 fully saturated rings. The van der Waals surface area contributed by atoms with Gasteiger partial charge in [0, 0.05) is 24.7 Å². The number of morpholine rings is 1. The second kappa shape index (κ2) is 4.72. The van der Waals surface area contributed by atoms with E-state index >= 15 is 0 Å². The van der Waals surface area contributed by atoms with Crippen molar-refractivity contribution in [1.82, 2.24) is 13.7 Å². The van der Waals surface area contributed by atoms with Gasteiger partial charge in [0.2, 0.25) is 5.03 Å². The van der Waals surface area contributed by atoms with E-state index in [1.165, 1.54) is 20.0 Å². The standard InChI is InChI=1S/C9H13N5O3S2/c10-12-7-8(14-3-6-18-9(14)11-7)19(15,16)13-1-4-17-5-2-13/h3,6,12H,1-2,4-5,10H2. The first-order chi connectivity index (χ1) is 9.14. The fourth-order valence-corrected chi connectivity index (χ4v) is 4.41. The highest BCUT2D eigenvalue weighted by molar-refractivity contribution is 7.89. The topological polar surface area (TPSA) is 102 Å². The second-order valence-electron chi connectivity index (χ2n) is 3.98. The first-order valence-corrected chi connectivity index (χ1v) is 7.96. The number of nitrogens with zero attached hydrogens (tertiary/aromatic N) is 3. The van der Waals surface area contributed by atoms with Crippen molar-refractivity contribution < 1.29 is 13.2 Å². The summed E-state index contributed by atoms with van der Waals surface area (Å²) in [7, 11) is -3.64. The molecular weight excluding hydrogens is 290 g/mol. The summed E-state index contributed by atoms with van der Waals surface area (Å²) in [5.74, 6) is 5.54. The van der Waals surface area contributed by atoms with Crippen molar-refractivity contribution in [2.75, 3.05) is 31.7 Å². The fourth-order valence-electron chi connectivity index (χ4n) is 2.01. The number of rotatable bonds is 3. The summed E-state index contributed by atoms with van der Waals surface area (Å²) in [5.41, 5.74) is 2.35. The number of nitrogens with one attached hydrogen (secondary N) is 1. The molecule has 0 radical (unpaired) electrons. The van der Waals surface area contributed by atoms with E-state index in [0.717, 1.165) is 0 Å². The Morgan fingerprint density at radius 3 is 2.84 bits per heavy atom. The van der Waals surface area contributed by atoms with E-state index in [0.29, 0.717) is 31.3 Å². The molecule has 3 heterocycles. The van der Waals surface area contributed by atoms with Crippen LogP contribution in [0.25, 0.3) is 4.96 Å². The molecule has 1 aliphatic heterocycles. The van der Waals surface area contributed by atoms with Crippen LogP contribution in [0.4, 0.5) is 5.82 Å². The zero-order chi connectivity index (χ0) is 13.5. The summed E-state index contributed by atoms with van der Waals surface area (Å²) in [5, 5.41) is 1.86. The average molecular weight is 303 g/mol. The van der Waals surface area contributed by atoms with Gasteiger partial charge in [-0.15, -0.1) is 11.3 Å². The minimum absolute atomic E-state index is 0.0770. The van der Waals surface area contributed by atoms with Gasteiger partial charge in [0.15, 0.2) is 10.8 Å². The van der Waals surface area contributed by atoms with Crippen LogP contribution < -0.4 is 11.3 Å². The van der Waals surface area contributed by atoms with E-state index in [4.69, 9.17) is 10.6 Å². The highest BCUT2D eigenvalue weighted by atomic mass is 32.2. The summed E-state index contributed by atoms with van der Waals surface area (Å²) in [4.78, 5) is 4.74. The molecule has 8 nitrogen and oxygen atoms in total. The Morgan fingerprint density at radius 1 is 1.42 bits per heavy atom. The van der Waals surface area contributed by atoms with Gasteiger partial charge >= 0.3 is 0 Å². The molecule has 3 N–H and O–H groups in total. The van der Waals surface area contributed by atoms with Crippen LogP contribution in [0, 0.1) is 0 Å². The van der Waals surface area contributed by atoms with Crippen molar-refractivity contribution in [2.24, 2.45) is 5.84 Å². The van der Waals surface area contributed by atoms with Gasteiger partial charge < -0.3 is 10.2 Å². The Bertz CT molecular complexity index is 686. The number of anilines is 1. The molecule has 1 aliphatic rings. The number of nitrogens with two attached hydrogens (primary N) is 1. The number of sulfonamides is 1. The summed E-state index contributed by atoms with van der Waals surface area (Å²) in [6, 6.07) is 0. The number of ether oxygens (including phenoxy) is 1. The Balaban J connectivity index is 2.13.